The Morgan fingerprint density at radius 1 is 1.29 bits per heavy atom. The van der Waals surface area contributed by atoms with Gasteiger partial charge < -0.3 is 10.2 Å². The second-order valence-corrected chi connectivity index (χ2v) is 4.70. The molecule has 1 aromatic rings. The van der Waals surface area contributed by atoms with Gasteiger partial charge in [0.15, 0.2) is 0 Å². The molecule has 1 aromatic carbocycles. The average molecular weight is 261 g/mol. The molecule has 1 aliphatic rings. The van der Waals surface area contributed by atoms with Crippen LogP contribution in [0.4, 0.5) is 14.5 Å². The summed E-state index contributed by atoms with van der Waals surface area (Å²) in [5.74, 6) is -2.84. The van der Waals surface area contributed by atoms with Crippen molar-refractivity contribution in [3.05, 3.63) is 28.8 Å². The second kappa shape index (κ2) is 4.78. The number of hydrogen-bond donors (Lipinski definition) is 1. The Morgan fingerprint density at radius 2 is 1.94 bits per heavy atom. The van der Waals surface area contributed by atoms with E-state index in [0.29, 0.717) is 5.02 Å². The van der Waals surface area contributed by atoms with E-state index < -0.39 is 5.92 Å². The van der Waals surface area contributed by atoms with E-state index in [0.717, 1.165) is 38.8 Å². The summed E-state index contributed by atoms with van der Waals surface area (Å²) < 4.78 is 26.3. The van der Waals surface area contributed by atoms with E-state index in [1.54, 1.807) is 6.07 Å². The molecule has 1 fully saturated rings. The van der Waals surface area contributed by atoms with Crippen molar-refractivity contribution in [3.63, 3.8) is 0 Å². The van der Waals surface area contributed by atoms with Crippen LogP contribution >= 0.6 is 11.6 Å². The molecule has 0 spiro atoms. The molecule has 1 saturated heterocycles. The number of rotatable bonds is 2. The van der Waals surface area contributed by atoms with E-state index in [-0.39, 0.29) is 5.56 Å². The summed E-state index contributed by atoms with van der Waals surface area (Å²) in [6.07, 6.45) is 0. The van der Waals surface area contributed by atoms with Crippen molar-refractivity contribution in [3.8, 4) is 0 Å². The number of hydrogen-bond acceptors (Lipinski definition) is 2. The molecule has 5 heteroatoms. The molecule has 17 heavy (non-hydrogen) atoms. The van der Waals surface area contributed by atoms with Crippen molar-refractivity contribution >= 4 is 17.3 Å². The van der Waals surface area contributed by atoms with E-state index in [1.807, 2.05) is 0 Å². The Morgan fingerprint density at radius 3 is 2.47 bits per heavy atom. The van der Waals surface area contributed by atoms with Crippen molar-refractivity contribution in [1.82, 2.24) is 5.32 Å². The zero-order chi connectivity index (χ0) is 12.5. The smallest absolute Gasteiger partial charge is 0.270 e. The molecular formula is C12H15ClF2N2. The fraction of sp³-hybridized carbons (Fsp3) is 0.500. The molecule has 0 atom stereocenters. The standard InChI is InChI=1S/C12H15ClF2N2/c1-12(14,15)9-2-3-11(10(13)8-9)17-6-4-16-5-7-17/h2-3,8,16H,4-7H2,1H3. The number of alkyl halides is 2. The minimum absolute atomic E-state index is 0.0404. The van der Waals surface area contributed by atoms with Gasteiger partial charge in [-0.05, 0) is 12.1 Å². The molecule has 94 valence electrons. The maximum atomic E-state index is 13.1. The minimum Gasteiger partial charge on any atom is -0.368 e. The first kappa shape index (κ1) is 12.6. The Bertz CT molecular complexity index is 398. The Balaban J connectivity index is 2.25. The van der Waals surface area contributed by atoms with Gasteiger partial charge in [-0.2, -0.15) is 0 Å². The summed E-state index contributed by atoms with van der Waals surface area (Å²) in [6.45, 7) is 4.36. The summed E-state index contributed by atoms with van der Waals surface area (Å²) in [5.41, 5.74) is 0.794. The first-order valence-corrected chi connectivity index (χ1v) is 6.00. The summed E-state index contributed by atoms with van der Waals surface area (Å²) in [6, 6.07) is 4.49. The van der Waals surface area contributed by atoms with Crippen LogP contribution in [0.15, 0.2) is 18.2 Å². The molecule has 0 unspecified atom stereocenters. The first-order chi connectivity index (χ1) is 7.98. The molecule has 0 aliphatic carbocycles. The Kier molecular flexibility index (Phi) is 3.54. The van der Waals surface area contributed by atoms with Gasteiger partial charge in [0.25, 0.3) is 5.92 Å². The molecule has 0 amide bonds. The summed E-state index contributed by atoms with van der Waals surface area (Å²) in [7, 11) is 0. The first-order valence-electron chi connectivity index (χ1n) is 5.62. The molecular weight excluding hydrogens is 246 g/mol. The Labute approximate surface area is 105 Å². The number of benzene rings is 1. The highest BCUT2D eigenvalue weighted by molar-refractivity contribution is 6.33. The SMILES string of the molecule is CC(F)(F)c1ccc(N2CCNCC2)c(Cl)c1. The summed E-state index contributed by atoms with van der Waals surface area (Å²) in [5, 5.41) is 3.63. The van der Waals surface area contributed by atoms with Crippen LogP contribution in [0.3, 0.4) is 0 Å². The van der Waals surface area contributed by atoms with Gasteiger partial charge in [0.1, 0.15) is 0 Å². The second-order valence-electron chi connectivity index (χ2n) is 4.29. The van der Waals surface area contributed by atoms with E-state index in [9.17, 15) is 8.78 Å². The number of piperazine rings is 1. The molecule has 2 nitrogen and oxygen atoms in total. The topological polar surface area (TPSA) is 15.3 Å². The van der Waals surface area contributed by atoms with Crippen molar-refractivity contribution in [2.45, 2.75) is 12.8 Å². The zero-order valence-corrected chi connectivity index (χ0v) is 10.4. The normalized spacial score (nSPS) is 17.3. The van der Waals surface area contributed by atoms with Gasteiger partial charge in [0.05, 0.1) is 10.7 Å². The quantitative estimate of drug-likeness (QED) is 0.880. The van der Waals surface area contributed by atoms with Gasteiger partial charge in [0.2, 0.25) is 0 Å². The van der Waals surface area contributed by atoms with Gasteiger partial charge in [-0.15, -0.1) is 0 Å². The molecule has 0 saturated carbocycles. The number of nitrogens with one attached hydrogen (secondary N) is 1. The fourth-order valence-electron chi connectivity index (χ4n) is 1.94. The van der Waals surface area contributed by atoms with E-state index >= 15 is 0 Å². The maximum Gasteiger partial charge on any atom is 0.270 e. The number of anilines is 1. The maximum absolute atomic E-state index is 13.1. The van der Waals surface area contributed by atoms with Crippen molar-refractivity contribution in [2.24, 2.45) is 0 Å². The van der Waals surface area contributed by atoms with Crippen LogP contribution in [-0.4, -0.2) is 26.2 Å². The minimum atomic E-state index is -2.84. The molecule has 1 aliphatic heterocycles. The Hall–Kier alpha value is -0.870. The van der Waals surface area contributed by atoms with Crippen LogP contribution in [0.1, 0.15) is 12.5 Å². The third kappa shape index (κ3) is 2.87. The largest absolute Gasteiger partial charge is 0.368 e. The third-order valence-electron chi connectivity index (χ3n) is 2.91. The number of halogens is 3. The third-order valence-corrected chi connectivity index (χ3v) is 3.21. The van der Waals surface area contributed by atoms with Crippen molar-refractivity contribution in [2.75, 3.05) is 31.1 Å². The lowest BCUT2D eigenvalue weighted by Crippen LogP contribution is -2.43. The van der Waals surface area contributed by atoms with Crippen molar-refractivity contribution in [1.29, 1.82) is 0 Å². The van der Waals surface area contributed by atoms with Crippen LogP contribution in [0.5, 0.6) is 0 Å². The summed E-state index contributed by atoms with van der Waals surface area (Å²) >= 11 is 6.07. The highest BCUT2D eigenvalue weighted by atomic mass is 35.5. The highest BCUT2D eigenvalue weighted by Gasteiger charge is 2.25. The molecule has 1 heterocycles. The summed E-state index contributed by atoms with van der Waals surface area (Å²) in [4.78, 5) is 2.11. The number of nitrogens with zero attached hydrogens (tertiary/aromatic N) is 1. The van der Waals surface area contributed by atoms with Crippen LogP contribution in [0.25, 0.3) is 0 Å². The van der Waals surface area contributed by atoms with Gasteiger partial charge in [-0.25, -0.2) is 8.78 Å². The highest BCUT2D eigenvalue weighted by Crippen LogP contribution is 2.33. The van der Waals surface area contributed by atoms with Gasteiger partial charge >= 0.3 is 0 Å². The van der Waals surface area contributed by atoms with Gasteiger partial charge in [0, 0.05) is 38.7 Å². The van der Waals surface area contributed by atoms with Crippen LogP contribution in [0.2, 0.25) is 5.02 Å². The predicted molar refractivity (Wildman–Crippen MR) is 66.1 cm³/mol. The lowest BCUT2D eigenvalue weighted by atomic mass is 10.1. The van der Waals surface area contributed by atoms with E-state index in [1.165, 1.54) is 12.1 Å². The molecule has 0 bridgehead atoms. The monoisotopic (exact) mass is 260 g/mol. The van der Waals surface area contributed by atoms with Crippen LogP contribution in [-0.2, 0) is 5.92 Å². The fourth-order valence-corrected chi connectivity index (χ4v) is 2.24. The molecule has 2 rings (SSSR count). The van der Waals surface area contributed by atoms with Crippen LogP contribution in [0, 0.1) is 0 Å². The molecule has 1 N–H and O–H groups in total. The molecule has 0 aromatic heterocycles. The van der Waals surface area contributed by atoms with Gasteiger partial charge in [-0.1, -0.05) is 17.7 Å². The van der Waals surface area contributed by atoms with Crippen LogP contribution < -0.4 is 10.2 Å². The van der Waals surface area contributed by atoms with Crippen molar-refractivity contribution < 1.29 is 8.78 Å². The zero-order valence-electron chi connectivity index (χ0n) is 9.64. The average Bonchev–Trinajstić information content (AvgIpc) is 2.29. The van der Waals surface area contributed by atoms with E-state index in [4.69, 9.17) is 11.6 Å². The molecule has 0 radical (unpaired) electrons. The lowest BCUT2D eigenvalue weighted by Gasteiger charge is -2.30. The predicted octanol–water partition coefficient (Wildman–Crippen LogP) is 2.86. The van der Waals surface area contributed by atoms with E-state index in [2.05, 4.69) is 10.2 Å². The van der Waals surface area contributed by atoms with Gasteiger partial charge in [-0.3, -0.25) is 0 Å². The lowest BCUT2D eigenvalue weighted by molar-refractivity contribution is 0.0175.